The number of nitriles is 1. The molecule has 1 spiro atoms. The maximum Gasteiger partial charge on any atom is 0.236 e. The molecule has 1 aromatic rings. The van der Waals surface area contributed by atoms with Gasteiger partial charge in [-0.25, -0.2) is 4.98 Å². The molecule has 0 radical (unpaired) electrons. The molecule has 17 heavy (non-hydrogen) atoms. The van der Waals surface area contributed by atoms with Gasteiger partial charge in [0.05, 0.1) is 11.0 Å². The number of pyridine rings is 1. The monoisotopic (exact) mass is 228 g/mol. The van der Waals surface area contributed by atoms with Gasteiger partial charge in [0.25, 0.3) is 0 Å². The molecular formula is C12H12N4O. The average Bonchev–Trinajstić information content (AvgIpc) is 2.63. The van der Waals surface area contributed by atoms with E-state index in [1.807, 2.05) is 0 Å². The van der Waals surface area contributed by atoms with Crippen LogP contribution < -0.4 is 10.6 Å². The molecule has 2 aliphatic heterocycles. The predicted octanol–water partition coefficient (Wildman–Crippen LogP) is 0.527. The Morgan fingerprint density at radius 1 is 1.41 bits per heavy atom. The fraction of sp³-hybridized carbons (Fsp3) is 0.417. The molecule has 0 saturated carbocycles. The van der Waals surface area contributed by atoms with Crippen molar-refractivity contribution in [3.8, 4) is 6.07 Å². The second kappa shape index (κ2) is 3.54. The second-order valence-electron chi connectivity index (χ2n) is 4.52. The highest BCUT2D eigenvalue weighted by molar-refractivity contribution is 6.05. The summed E-state index contributed by atoms with van der Waals surface area (Å²) in [6.07, 6.45) is 3.03. The maximum atomic E-state index is 12.1. The van der Waals surface area contributed by atoms with Crippen molar-refractivity contribution >= 4 is 11.7 Å². The molecule has 1 aromatic heterocycles. The van der Waals surface area contributed by atoms with Crippen molar-refractivity contribution in [3.05, 3.63) is 23.4 Å². The summed E-state index contributed by atoms with van der Waals surface area (Å²) in [5.74, 6) is 0.646. The molecule has 5 heteroatoms. The molecule has 0 unspecified atom stereocenters. The van der Waals surface area contributed by atoms with Gasteiger partial charge < -0.3 is 10.6 Å². The van der Waals surface area contributed by atoms with Crippen LogP contribution in [0.2, 0.25) is 0 Å². The van der Waals surface area contributed by atoms with Gasteiger partial charge in [0.2, 0.25) is 5.91 Å². The molecule has 2 N–H and O–H groups in total. The highest BCUT2D eigenvalue weighted by atomic mass is 16.2. The summed E-state index contributed by atoms with van der Waals surface area (Å²) >= 11 is 0. The molecular weight excluding hydrogens is 216 g/mol. The Bertz CT molecular complexity index is 526. The Morgan fingerprint density at radius 2 is 2.18 bits per heavy atom. The zero-order valence-corrected chi connectivity index (χ0v) is 9.29. The number of nitrogens with one attached hydrogen (secondary N) is 2. The van der Waals surface area contributed by atoms with Crippen LogP contribution in [0.1, 0.15) is 24.0 Å². The van der Waals surface area contributed by atoms with E-state index < -0.39 is 5.41 Å². The Kier molecular flexibility index (Phi) is 2.13. The number of hydrogen-bond donors (Lipinski definition) is 2. The molecule has 5 nitrogen and oxygen atoms in total. The zero-order chi connectivity index (χ0) is 11.9. The summed E-state index contributed by atoms with van der Waals surface area (Å²) in [4.78, 5) is 16.3. The molecule has 1 amide bonds. The highest BCUT2D eigenvalue weighted by Gasteiger charge is 2.47. The maximum absolute atomic E-state index is 12.1. The van der Waals surface area contributed by atoms with Gasteiger partial charge in [-0.1, -0.05) is 0 Å². The normalized spacial score (nSPS) is 20.8. The number of anilines is 1. The number of piperidine rings is 1. The Labute approximate surface area is 98.8 Å². The number of rotatable bonds is 0. The Hall–Kier alpha value is -1.93. The molecule has 0 bridgehead atoms. The molecule has 1 fully saturated rings. The lowest BCUT2D eigenvalue weighted by molar-refractivity contribution is -0.121. The van der Waals surface area contributed by atoms with Crippen LogP contribution in [0.15, 0.2) is 12.3 Å². The van der Waals surface area contributed by atoms with Gasteiger partial charge in [-0.05, 0) is 32.0 Å². The van der Waals surface area contributed by atoms with Crippen LogP contribution in [0.4, 0.5) is 5.82 Å². The first kappa shape index (κ1) is 10.2. The van der Waals surface area contributed by atoms with Crippen LogP contribution >= 0.6 is 0 Å². The van der Waals surface area contributed by atoms with E-state index in [-0.39, 0.29) is 5.91 Å². The van der Waals surface area contributed by atoms with E-state index in [9.17, 15) is 4.79 Å². The lowest BCUT2D eigenvalue weighted by Crippen LogP contribution is -2.44. The van der Waals surface area contributed by atoms with Gasteiger partial charge in [-0.2, -0.15) is 5.26 Å². The second-order valence-corrected chi connectivity index (χ2v) is 4.52. The standard InChI is InChI=1S/C12H12N4O/c13-6-8-5-9-10(15-7-8)16-11(17)12(9)1-3-14-4-2-12/h5,7,14H,1-4H2,(H,15,16,17). The van der Waals surface area contributed by atoms with Crippen molar-refractivity contribution in [2.45, 2.75) is 18.3 Å². The lowest BCUT2D eigenvalue weighted by atomic mass is 9.74. The summed E-state index contributed by atoms with van der Waals surface area (Å²) in [7, 11) is 0. The van der Waals surface area contributed by atoms with Gasteiger partial charge in [-0.3, -0.25) is 4.79 Å². The van der Waals surface area contributed by atoms with Crippen LogP contribution in [0, 0.1) is 11.3 Å². The van der Waals surface area contributed by atoms with Crippen molar-refractivity contribution in [2.75, 3.05) is 18.4 Å². The minimum atomic E-state index is -0.472. The zero-order valence-electron chi connectivity index (χ0n) is 9.29. The summed E-state index contributed by atoms with van der Waals surface area (Å²) in [6.45, 7) is 1.65. The molecule has 0 atom stereocenters. The third-order valence-corrected chi connectivity index (χ3v) is 3.66. The van der Waals surface area contributed by atoms with Crippen molar-refractivity contribution in [1.82, 2.24) is 10.3 Å². The number of hydrogen-bond acceptors (Lipinski definition) is 4. The topological polar surface area (TPSA) is 77.8 Å². The summed E-state index contributed by atoms with van der Waals surface area (Å²) < 4.78 is 0. The van der Waals surface area contributed by atoms with Crippen molar-refractivity contribution in [1.29, 1.82) is 5.26 Å². The average molecular weight is 228 g/mol. The number of carbonyl (C=O) groups is 1. The number of carbonyl (C=O) groups excluding carboxylic acids is 1. The first-order valence-corrected chi connectivity index (χ1v) is 5.69. The van der Waals surface area contributed by atoms with Crippen LogP contribution in [0.3, 0.4) is 0 Å². The van der Waals surface area contributed by atoms with E-state index in [0.717, 1.165) is 31.5 Å². The predicted molar refractivity (Wildman–Crippen MR) is 61.4 cm³/mol. The number of nitrogens with zero attached hydrogens (tertiary/aromatic N) is 2. The first-order chi connectivity index (χ1) is 8.26. The van der Waals surface area contributed by atoms with Gasteiger partial charge in [0.15, 0.2) is 0 Å². The highest BCUT2D eigenvalue weighted by Crippen LogP contribution is 2.42. The fourth-order valence-corrected chi connectivity index (χ4v) is 2.69. The number of aromatic nitrogens is 1. The molecule has 86 valence electrons. The summed E-state index contributed by atoms with van der Waals surface area (Å²) in [5.41, 5.74) is 0.932. The third kappa shape index (κ3) is 1.34. The van der Waals surface area contributed by atoms with E-state index in [0.29, 0.717) is 11.4 Å². The van der Waals surface area contributed by atoms with Gasteiger partial charge in [-0.15, -0.1) is 0 Å². The molecule has 3 rings (SSSR count). The minimum Gasteiger partial charge on any atom is -0.317 e. The SMILES string of the molecule is N#Cc1cnc2c(c1)C1(CCNCC1)C(=O)N2. The smallest absolute Gasteiger partial charge is 0.236 e. The van der Waals surface area contributed by atoms with Gasteiger partial charge in [0.1, 0.15) is 11.9 Å². The quantitative estimate of drug-likeness (QED) is 0.679. The van der Waals surface area contributed by atoms with E-state index >= 15 is 0 Å². The molecule has 0 aliphatic carbocycles. The van der Waals surface area contributed by atoms with E-state index in [4.69, 9.17) is 5.26 Å². The summed E-state index contributed by atoms with van der Waals surface area (Å²) in [6, 6.07) is 3.87. The Balaban J connectivity index is 2.14. The fourth-order valence-electron chi connectivity index (χ4n) is 2.69. The minimum absolute atomic E-state index is 0.0246. The van der Waals surface area contributed by atoms with E-state index in [1.165, 1.54) is 6.20 Å². The molecule has 0 aromatic carbocycles. The lowest BCUT2D eigenvalue weighted by Gasteiger charge is -2.31. The first-order valence-electron chi connectivity index (χ1n) is 5.69. The van der Waals surface area contributed by atoms with Crippen LogP contribution in [0.5, 0.6) is 0 Å². The van der Waals surface area contributed by atoms with Gasteiger partial charge in [0, 0.05) is 11.8 Å². The van der Waals surface area contributed by atoms with Crippen molar-refractivity contribution in [2.24, 2.45) is 0 Å². The van der Waals surface area contributed by atoms with Gasteiger partial charge >= 0.3 is 0 Å². The number of fused-ring (bicyclic) bond motifs is 2. The van der Waals surface area contributed by atoms with Crippen LogP contribution in [0.25, 0.3) is 0 Å². The van der Waals surface area contributed by atoms with Crippen LogP contribution in [-0.2, 0) is 10.2 Å². The summed E-state index contributed by atoms with van der Waals surface area (Å²) in [5, 5.41) is 15.0. The molecule has 1 saturated heterocycles. The number of amides is 1. The van der Waals surface area contributed by atoms with E-state index in [2.05, 4.69) is 21.7 Å². The van der Waals surface area contributed by atoms with Crippen molar-refractivity contribution in [3.63, 3.8) is 0 Å². The molecule has 2 aliphatic rings. The van der Waals surface area contributed by atoms with Crippen molar-refractivity contribution < 1.29 is 4.79 Å². The Morgan fingerprint density at radius 3 is 2.88 bits per heavy atom. The van der Waals surface area contributed by atoms with E-state index in [1.54, 1.807) is 6.07 Å². The third-order valence-electron chi connectivity index (χ3n) is 3.66. The largest absolute Gasteiger partial charge is 0.317 e. The molecule has 3 heterocycles. The van der Waals surface area contributed by atoms with Crippen LogP contribution in [-0.4, -0.2) is 24.0 Å².